The highest BCUT2D eigenvalue weighted by Crippen LogP contribution is 2.34. The van der Waals surface area contributed by atoms with Crippen LogP contribution in [0.4, 0.5) is 18.9 Å². The summed E-state index contributed by atoms with van der Waals surface area (Å²) in [7, 11) is 0. The number of aromatic amines is 1. The van der Waals surface area contributed by atoms with Crippen molar-refractivity contribution in [1.82, 2.24) is 9.97 Å². The number of rotatable bonds is 4. The van der Waals surface area contributed by atoms with Gasteiger partial charge in [0.15, 0.2) is 0 Å². The van der Waals surface area contributed by atoms with Gasteiger partial charge in [0.1, 0.15) is 5.03 Å². The Balaban J connectivity index is 1.70. The van der Waals surface area contributed by atoms with E-state index in [1.54, 1.807) is 0 Å². The van der Waals surface area contributed by atoms with Gasteiger partial charge in [-0.1, -0.05) is 23.4 Å². The first kappa shape index (κ1) is 18.8. The van der Waals surface area contributed by atoms with Crippen molar-refractivity contribution in [2.75, 3.05) is 11.1 Å². The predicted octanol–water partition coefficient (Wildman–Crippen LogP) is 3.66. The van der Waals surface area contributed by atoms with Gasteiger partial charge in [0.2, 0.25) is 5.91 Å². The predicted molar refractivity (Wildman–Crippen MR) is 92.7 cm³/mol. The molecule has 0 saturated carbocycles. The summed E-state index contributed by atoms with van der Waals surface area (Å²) in [5, 5.41) is 2.85. The zero-order valence-corrected chi connectivity index (χ0v) is 14.8. The third-order valence-corrected chi connectivity index (χ3v) is 5.19. The first-order valence-corrected chi connectivity index (χ1v) is 9.02. The lowest BCUT2D eigenvalue weighted by molar-refractivity contribution is -0.137. The van der Waals surface area contributed by atoms with Gasteiger partial charge >= 0.3 is 11.9 Å². The lowest BCUT2D eigenvalue weighted by Gasteiger charge is -2.12. The van der Waals surface area contributed by atoms with Gasteiger partial charge in [0.25, 0.3) is 0 Å². The van der Waals surface area contributed by atoms with Gasteiger partial charge < -0.3 is 10.3 Å². The van der Waals surface area contributed by atoms with Crippen molar-refractivity contribution in [3.05, 3.63) is 50.5 Å². The van der Waals surface area contributed by atoms with Crippen LogP contribution in [0.2, 0.25) is 5.02 Å². The Morgan fingerprint density at radius 1 is 1.35 bits per heavy atom. The molecule has 0 aliphatic heterocycles. The maximum Gasteiger partial charge on any atom is 0.416 e. The second-order valence-corrected chi connectivity index (χ2v) is 7.06. The lowest BCUT2D eigenvalue weighted by atomic mass is 10.2. The monoisotopic (exact) mass is 403 g/mol. The number of aromatic nitrogens is 2. The molecular formula is C16H13ClF3N3O2S. The molecule has 2 aromatic rings. The first-order valence-electron chi connectivity index (χ1n) is 7.65. The van der Waals surface area contributed by atoms with Crippen molar-refractivity contribution in [2.24, 2.45) is 0 Å². The largest absolute Gasteiger partial charge is 0.416 e. The number of fused-ring (bicyclic) bond motifs is 1. The van der Waals surface area contributed by atoms with Crippen LogP contribution in [0.5, 0.6) is 0 Å². The number of anilines is 1. The number of hydrogen-bond donors (Lipinski definition) is 2. The van der Waals surface area contributed by atoms with Crippen LogP contribution in [0, 0.1) is 0 Å². The topological polar surface area (TPSA) is 74.8 Å². The maximum atomic E-state index is 12.8. The van der Waals surface area contributed by atoms with Gasteiger partial charge in [-0.25, -0.2) is 4.79 Å². The molecule has 138 valence electrons. The molecule has 5 nitrogen and oxygen atoms in total. The Hall–Kier alpha value is -2.00. The van der Waals surface area contributed by atoms with E-state index < -0.39 is 23.3 Å². The van der Waals surface area contributed by atoms with Crippen LogP contribution in [0.1, 0.15) is 23.2 Å². The van der Waals surface area contributed by atoms with E-state index >= 15 is 0 Å². The Labute approximate surface area is 155 Å². The number of halogens is 4. The average Bonchev–Trinajstić information content (AvgIpc) is 3.01. The summed E-state index contributed by atoms with van der Waals surface area (Å²) in [5.74, 6) is -0.639. The van der Waals surface area contributed by atoms with E-state index in [9.17, 15) is 22.8 Å². The molecule has 0 atom stereocenters. The van der Waals surface area contributed by atoms with E-state index in [1.807, 2.05) is 0 Å². The number of carbonyl (C=O) groups excluding carboxylic acids is 1. The molecular weight excluding hydrogens is 391 g/mol. The first-order chi connectivity index (χ1) is 12.2. The van der Waals surface area contributed by atoms with Gasteiger partial charge in [-0.15, -0.1) is 0 Å². The Bertz CT molecular complexity index is 915. The van der Waals surface area contributed by atoms with Crippen molar-refractivity contribution in [3.63, 3.8) is 0 Å². The zero-order valence-electron chi connectivity index (χ0n) is 13.2. The van der Waals surface area contributed by atoms with E-state index in [2.05, 4.69) is 15.3 Å². The second kappa shape index (κ2) is 7.32. The Morgan fingerprint density at radius 2 is 2.12 bits per heavy atom. The minimum Gasteiger partial charge on any atom is -0.324 e. The second-order valence-electron chi connectivity index (χ2n) is 5.69. The highest BCUT2D eigenvalue weighted by Gasteiger charge is 2.31. The average molecular weight is 404 g/mol. The maximum absolute atomic E-state index is 12.8. The fourth-order valence-corrected chi connectivity index (χ4v) is 3.72. The van der Waals surface area contributed by atoms with Gasteiger partial charge in [-0.2, -0.15) is 18.2 Å². The number of nitrogens with one attached hydrogen (secondary N) is 2. The van der Waals surface area contributed by atoms with E-state index in [4.69, 9.17) is 11.6 Å². The summed E-state index contributed by atoms with van der Waals surface area (Å²) in [6.07, 6.45) is -2.11. The van der Waals surface area contributed by atoms with Crippen LogP contribution < -0.4 is 11.0 Å². The van der Waals surface area contributed by atoms with E-state index in [0.29, 0.717) is 5.03 Å². The van der Waals surface area contributed by atoms with Gasteiger partial charge in [0, 0.05) is 11.3 Å². The molecule has 1 aliphatic rings. The number of hydrogen-bond acceptors (Lipinski definition) is 4. The molecule has 1 heterocycles. The Kier molecular flexibility index (Phi) is 5.29. The summed E-state index contributed by atoms with van der Waals surface area (Å²) in [6, 6.07) is 2.71. The van der Waals surface area contributed by atoms with E-state index in [-0.39, 0.29) is 16.5 Å². The normalized spacial score (nSPS) is 13.5. The van der Waals surface area contributed by atoms with E-state index in [1.165, 1.54) is 0 Å². The smallest absolute Gasteiger partial charge is 0.324 e. The number of nitrogens with zero attached hydrogens (tertiary/aromatic N) is 1. The third kappa shape index (κ3) is 4.21. The molecule has 0 saturated heterocycles. The number of amides is 1. The van der Waals surface area contributed by atoms with Gasteiger partial charge in [-0.3, -0.25) is 4.79 Å². The molecule has 10 heteroatoms. The molecule has 0 fully saturated rings. The minimum atomic E-state index is -4.53. The van der Waals surface area contributed by atoms with Crippen LogP contribution in [-0.2, 0) is 23.8 Å². The molecule has 2 N–H and O–H groups in total. The highest BCUT2D eigenvalue weighted by atomic mass is 35.5. The van der Waals surface area contributed by atoms with Crippen molar-refractivity contribution in [2.45, 2.75) is 30.5 Å². The molecule has 1 aromatic heterocycles. The fraction of sp³-hybridized carbons (Fsp3) is 0.312. The molecule has 3 rings (SSSR count). The van der Waals surface area contributed by atoms with Crippen molar-refractivity contribution < 1.29 is 18.0 Å². The highest BCUT2D eigenvalue weighted by molar-refractivity contribution is 8.00. The molecule has 1 aromatic carbocycles. The number of aryl methyl sites for hydroxylation is 1. The summed E-state index contributed by atoms with van der Waals surface area (Å²) in [5.41, 5.74) is 0.248. The van der Waals surface area contributed by atoms with Crippen LogP contribution in [0.3, 0.4) is 0 Å². The molecule has 0 radical (unpaired) electrons. The summed E-state index contributed by atoms with van der Waals surface area (Å²) < 4.78 is 38.3. The Morgan fingerprint density at radius 3 is 2.85 bits per heavy atom. The van der Waals surface area contributed by atoms with Crippen molar-refractivity contribution in [1.29, 1.82) is 0 Å². The quantitative estimate of drug-likeness (QED) is 0.603. The summed E-state index contributed by atoms with van der Waals surface area (Å²) in [4.78, 5) is 30.2. The van der Waals surface area contributed by atoms with Crippen LogP contribution in [0.25, 0.3) is 0 Å². The lowest BCUT2D eigenvalue weighted by Crippen LogP contribution is -2.18. The van der Waals surface area contributed by atoms with Crippen LogP contribution in [-0.4, -0.2) is 21.6 Å². The number of carbonyl (C=O) groups is 1. The zero-order chi connectivity index (χ0) is 18.9. The molecule has 1 aliphatic carbocycles. The fourth-order valence-electron chi connectivity index (χ4n) is 2.67. The van der Waals surface area contributed by atoms with E-state index in [0.717, 1.165) is 60.5 Å². The van der Waals surface area contributed by atoms with Gasteiger partial charge in [0.05, 0.1) is 22.0 Å². The molecule has 1 amide bonds. The SMILES string of the molecule is O=C(CSc1nc(=O)[nH]c2c1CCC2)Nc1cc(C(F)(F)F)ccc1Cl. The third-order valence-electron chi connectivity index (χ3n) is 3.84. The summed E-state index contributed by atoms with van der Waals surface area (Å²) in [6.45, 7) is 0. The van der Waals surface area contributed by atoms with Crippen molar-refractivity contribution in [3.8, 4) is 0 Å². The number of alkyl halides is 3. The molecule has 0 unspecified atom stereocenters. The molecule has 0 bridgehead atoms. The molecule has 26 heavy (non-hydrogen) atoms. The standard InChI is InChI=1S/C16H13ClF3N3O2S/c17-10-5-4-8(16(18,19)20)6-12(10)21-13(24)7-26-14-9-2-1-3-11(9)22-15(25)23-14/h4-6H,1-3,7H2,(H,21,24)(H,22,23,25). The van der Waals surface area contributed by atoms with Crippen LogP contribution in [0.15, 0.2) is 28.0 Å². The van der Waals surface area contributed by atoms with Crippen LogP contribution >= 0.6 is 23.4 Å². The number of thioether (sulfide) groups is 1. The van der Waals surface area contributed by atoms with Gasteiger partial charge in [-0.05, 0) is 37.5 Å². The minimum absolute atomic E-state index is 0.00604. The van der Waals surface area contributed by atoms with Crippen molar-refractivity contribution >= 4 is 35.0 Å². The number of H-pyrrole nitrogens is 1. The summed E-state index contributed by atoms with van der Waals surface area (Å²) >= 11 is 6.93. The molecule has 0 spiro atoms. The number of benzene rings is 1.